The molecule has 1 fully saturated rings. The lowest BCUT2D eigenvalue weighted by atomic mass is 10.4. The van der Waals surface area contributed by atoms with Gasteiger partial charge in [-0.05, 0) is 0 Å². The quantitative estimate of drug-likeness (QED) is 0.637. The lowest BCUT2D eigenvalue weighted by Gasteiger charge is -2.32. The molecule has 1 rings (SSSR count). The summed E-state index contributed by atoms with van der Waals surface area (Å²) >= 11 is 1.60. The van der Waals surface area contributed by atoms with E-state index in [1.54, 1.807) is 16.7 Å². The molecule has 88 valence electrons. The first kappa shape index (κ1) is 12.8. The van der Waals surface area contributed by atoms with Gasteiger partial charge < -0.3 is 4.74 Å². The smallest absolute Gasteiger partial charge is 0.319 e. The minimum Gasteiger partial charge on any atom is -0.468 e. The highest BCUT2D eigenvalue weighted by Crippen LogP contribution is 2.19. The molecule has 0 aromatic rings. The number of hydrogen-bond acceptors (Lipinski definition) is 6. The molecule has 0 aromatic heterocycles. The van der Waals surface area contributed by atoms with Gasteiger partial charge in [-0.1, -0.05) is 0 Å². The standard InChI is InChI=1S/C8H15NO4S2/c1-13-8(10)5-9-3-4-14-6-7(9)15(2,11)12/h7H,3-6H2,1-2H3. The molecular weight excluding hydrogens is 238 g/mol. The highest BCUT2D eigenvalue weighted by molar-refractivity contribution is 8.00. The average molecular weight is 253 g/mol. The van der Waals surface area contributed by atoms with E-state index in [-0.39, 0.29) is 6.54 Å². The molecule has 0 aromatic carbocycles. The van der Waals surface area contributed by atoms with Crippen molar-refractivity contribution in [1.82, 2.24) is 4.90 Å². The number of carbonyl (C=O) groups is 1. The molecule has 0 amide bonds. The van der Waals surface area contributed by atoms with Gasteiger partial charge in [0, 0.05) is 24.3 Å². The molecule has 1 atom stereocenters. The zero-order valence-electron chi connectivity index (χ0n) is 8.80. The van der Waals surface area contributed by atoms with E-state index >= 15 is 0 Å². The van der Waals surface area contributed by atoms with Gasteiger partial charge in [-0.2, -0.15) is 11.8 Å². The van der Waals surface area contributed by atoms with Gasteiger partial charge in [0.25, 0.3) is 0 Å². The zero-order chi connectivity index (χ0) is 11.5. The van der Waals surface area contributed by atoms with Gasteiger partial charge in [0.15, 0.2) is 9.84 Å². The van der Waals surface area contributed by atoms with Crippen LogP contribution in [0.2, 0.25) is 0 Å². The Balaban J connectivity index is 2.70. The van der Waals surface area contributed by atoms with Crippen molar-refractivity contribution in [3.05, 3.63) is 0 Å². The second-order valence-electron chi connectivity index (χ2n) is 3.41. The Bertz CT molecular complexity index is 328. The van der Waals surface area contributed by atoms with Crippen LogP contribution in [-0.4, -0.2) is 62.6 Å². The second-order valence-corrected chi connectivity index (χ2v) is 6.76. The molecule has 1 heterocycles. The molecule has 1 aliphatic heterocycles. The Morgan fingerprint density at radius 2 is 2.27 bits per heavy atom. The molecule has 0 N–H and O–H groups in total. The molecule has 7 heteroatoms. The second kappa shape index (κ2) is 5.18. The Kier molecular flexibility index (Phi) is 4.42. The molecular formula is C8H15NO4S2. The minimum absolute atomic E-state index is 0.0504. The maximum Gasteiger partial charge on any atom is 0.319 e. The highest BCUT2D eigenvalue weighted by Gasteiger charge is 2.32. The number of rotatable bonds is 3. The van der Waals surface area contributed by atoms with Crippen LogP contribution in [0.1, 0.15) is 0 Å². The average Bonchev–Trinajstić information content (AvgIpc) is 2.17. The number of thioether (sulfide) groups is 1. The van der Waals surface area contributed by atoms with Gasteiger partial charge in [-0.3, -0.25) is 9.69 Å². The number of carbonyl (C=O) groups excluding carboxylic acids is 1. The van der Waals surface area contributed by atoms with E-state index in [4.69, 9.17) is 0 Å². The predicted molar refractivity (Wildman–Crippen MR) is 59.5 cm³/mol. The largest absolute Gasteiger partial charge is 0.468 e. The summed E-state index contributed by atoms with van der Waals surface area (Å²) in [7, 11) is -1.83. The number of ether oxygens (including phenoxy) is 1. The Labute approximate surface area is 94.1 Å². The van der Waals surface area contributed by atoms with Crippen LogP contribution in [0.5, 0.6) is 0 Å². The van der Waals surface area contributed by atoms with Gasteiger partial charge in [-0.25, -0.2) is 8.42 Å². The van der Waals surface area contributed by atoms with Crippen molar-refractivity contribution in [2.45, 2.75) is 5.37 Å². The van der Waals surface area contributed by atoms with Crippen molar-refractivity contribution in [1.29, 1.82) is 0 Å². The van der Waals surface area contributed by atoms with Gasteiger partial charge in [0.2, 0.25) is 0 Å². The summed E-state index contributed by atoms with van der Waals surface area (Å²) in [6.45, 7) is 0.659. The van der Waals surface area contributed by atoms with Gasteiger partial charge in [0.1, 0.15) is 5.37 Å². The molecule has 0 radical (unpaired) electrons. The maximum atomic E-state index is 11.5. The fourth-order valence-electron chi connectivity index (χ4n) is 1.42. The Morgan fingerprint density at radius 1 is 1.60 bits per heavy atom. The lowest BCUT2D eigenvalue weighted by Crippen LogP contribution is -2.49. The summed E-state index contributed by atoms with van der Waals surface area (Å²) in [5, 5.41) is -0.560. The first-order valence-electron chi connectivity index (χ1n) is 4.52. The molecule has 1 unspecified atom stereocenters. The van der Waals surface area contributed by atoms with E-state index < -0.39 is 21.2 Å². The van der Waals surface area contributed by atoms with E-state index in [1.807, 2.05) is 0 Å². The van der Waals surface area contributed by atoms with Crippen LogP contribution < -0.4 is 0 Å². The van der Waals surface area contributed by atoms with E-state index in [1.165, 1.54) is 13.4 Å². The summed E-state index contributed by atoms with van der Waals surface area (Å²) in [5.74, 6) is 0.981. The first-order valence-corrected chi connectivity index (χ1v) is 7.63. The van der Waals surface area contributed by atoms with Crippen LogP contribution in [0.15, 0.2) is 0 Å². The third-order valence-corrected chi connectivity index (χ3v) is 4.93. The third-order valence-electron chi connectivity index (χ3n) is 2.24. The van der Waals surface area contributed by atoms with Gasteiger partial charge >= 0.3 is 5.97 Å². The van der Waals surface area contributed by atoms with Crippen molar-refractivity contribution >= 4 is 27.6 Å². The van der Waals surface area contributed by atoms with E-state index in [0.717, 1.165) is 5.75 Å². The summed E-state index contributed by atoms with van der Waals surface area (Å²) in [5.41, 5.74) is 0. The van der Waals surface area contributed by atoms with Gasteiger partial charge in [0.05, 0.1) is 13.7 Å². The fraction of sp³-hybridized carbons (Fsp3) is 0.875. The Hall–Kier alpha value is -0.270. The molecule has 0 saturated carbocycles. The fourth-order valence-corrected chi connectivity index (χ4v) is 4.36. The van der Waals surface area contributed by atoms with Crippen molar-refractivity contribution in [3.63, 3.8) is 0 Å². The van der Waals surface area contributed by atoms with Crippen LogP contribution in [0.25, 0.3) is 0 Å². The number of methoxy groups -OCH3 is 1. The predicted octanol–water partition coefficient (Wildman–Crippen LogP) is -0.421. The zero-order valence-corrected chi connectivity index (χ0v) is 10.4. The Morgan fingerprint density at radius 3 is 2.80 bits per heavy atom. The number of hydrogen-bond donors (Lipinski definition) is 0. The number of sulfone groups is 1. The van der Waals surface area contributed by atoms with Crippen molar-refractivity contribution in [2.24, 2.45) is 0 Å². The summed E-state index contributed by atoms with van der Waals surface area (Å²) in [4.78, 5) is 12.8. The van der Waals surface area contributed by atoms with E-state index in [9.17, 15) is 13.2 Å². The summed E-state index contributed by atoms with van der Waals surface area (Å²) in [6.07, 6.45) is 1.20. The van der Waals surface area contributed by atoms with Crippen LogP contribution in [0, 0.1) is 0 Å². The molecule has 5 nitrogen and oxygen atoms in total. The molecule has 0 spiro atoms. The van der Waals surface area contributed by atoms with E-state index in [2.05, 4.69) is 4.74 Å². The van der Waals surface area contributed by atoms with Crippen LogP contribution in [-0.2, 0) is 19.4 Å². The molecule has 0 aliphatic carbocycles. The minimum atomic E-state index is -3.13. The number of esters is 1. The van der Waals surface area contributed by atoms with E-state index in [0.29, 0.717) is 12.3 Å². The third kappa shape index (κ3) is 3.66. The van der Waals surface area contributed by atoms with Crippen molar-refractivity contribution in [3.8, 4) is 0 Å². The van der Waals surface area contributed by atoms with Crippen molar-refractivity contribution < 1.29 is 17.9 Å². The SMILES string of the molecule is COC(=O)CN1CCSCC1S(C)(=O)=O. The lowest BCUT2D eigenvalue weighted by molar-refractivity contribution is -0.142. The van der Waals surface area contributed by atoms with Crippen LogP contribution >= 0.6 is 11.8 Å². The maximum absolute atomic E-state index is 11.5. The molecule has 0 bridgehead atoms. The molecule has 1 saturated heterocycles. The molecule has 1 aliphatic rings. The van der Waals surface area contributed by atoms with Crippen LogP contribution in [0.4, 0.5) is 0 Å². The van der Waals surface area contributed by atoms with Gasteiger partial charge in [-0.15, -0.1) is 0 Å². The first-order chi connectivity index (χ1) is 6.95. The summed E-state index contributed by atoms with van der Waals surface area (Å²) in [6, 6.07) is 0. The molecule has 15 heavy (non-hydrogen) atoms. The normalized spacial score (nSPS) is 23.7. The van der Waals surface area contributed by atoms with Crippen LogP contribution in [0.3, 0.4) is 0 Å². The van der Waals surface area contributed by atoms with Crippen molar-refractivity contribution in [2.75, 3.05) is 38.0 Å². The monoisotopic (exact) mass is 253 g/mol. The highest BCUT2D eigenvalue weighted by atomic mass is 32.2. The number of nitrogens with zero attached hydrogens (tertiary/aromatic N) is 1. The topological polar surface area (TPSA) is 63.7 Å². The summed E-state index contributed by atoms with van der Waals surface area (Å²) < 4.78 is 27.5.